The van der Waals surface area contributed by atoms with Crippen molar-refractivity contribution in [1.82, 2.24) is 5.32 Å². The highest BCUT2D eigenvalue weighted by atomic mass is 16.5. The quantitative estimate of drug-likeness (QED) is 0.795. The molecule has 19 heavy (non-hydrogen) atoms. The first-order chi connectivity index (χ1) is 8.69. The standard InChI is InChI=1S/C16H31NO2/c1-11(2)13-8-7-12(3)9-14(13)19-15(18)10-17-16(4,5)6/h11-14,17H,7-10H2,1-6H3. The summed E-state index contributed by atoms with van der Waals surface area (Å²) < 4.78 is 5.73. The van der Waals surface area contributed by atoms with Gasteiger partial charge in [-0.15, -0.1) is 0 Å². The lowest BCUT2D eigenvalue weighted by atomic mass is 9.75. The maximum Gasteiger partial charge on any atom is 0.320 e. The molecule has 0 bridgehead atoms. The zero-order valence-corrected chi connectivity index (χ0v) is 13.5. The van der Waals surface area contributed by atoms with E-state index in [0.29, 0.717) is 24.3 Å². The second-order valence-electron chi connectivity index (χ2n) is 7.46. The largest absolute Gasteiger partial charge is 0.461 e. The zero-order chi connectivity index (χ0) is 14.6. The number of hydrogen-bond acceptors (Lipinski definition) is 3. The highest BCUT2D eigenvalue weighted by molar-refractivity contribution is 5.72. The van der Waals surface area contributed by atoms with Crippen LogP contribution in [0.15, 0.2) is 0 Å². The molecule has 0 aromatic rings. The fourth-order valence-electron chi connectivity index (χ4n) is 2.80. The predicted molar refractivity (Wildman–Crippen MR) is 79.0 cm³/mol. The van der Waals surface area contributed by atoms with Crippen molar-refractivity contribution in [2.24, 2.45) is 17.8 Å². The summed E-state index contributed by atoms with van der Waals surface area (Å²) in [5.74, 6) is 1.67. The van der Waals surface area contributed by atoms with Crippen LogP contribution in [0.4, 0.5) is 0 Å². The number of hydrogen-bond donors (Lipinski definition) is 1. The molecule has 0 radical (unpaired) electrons. The molecule has 1 N–H and O–H groups in total. The van der Waals surface area contributed by atoms with Gasteiger partial charge in [-0.25, -0.2) is 0 Å². The van der Waals surface area contributed by atoms with E-state index in [4.69, 9.17) is 4.74 Å². The molecule has 1 saturated carbocycles. The summed E-state index contributed by atoms with van der Waals surface area (Å²) in [7, 11) is 0. The molecule has 3 nitrogen and oxygen atoms in total. The molecule has 1 rings (SSSR count). The Kier molecular flexibility index (Phi) is 5.84. The van der Waals surface area contributed by atoms with E-state index in [1.54, 1.807) is 0 Å². The van der Waals surface area contributed by atoms with Gasteiger partial charge in [0.15, 0.2) is 0 Å². The molecular formula is C16H31NO2. The van der Waals surface area contributed by atoms with E-state index in [9.17, 15) is 4.79 Å². The monoisotopic (exact) mass is 269 g/mol. The maximum atomic E-state index is 11.9. The summed E-state index contributed by atoms with van der Waals surface area (Å²) >= 11 is 0. The Bertz CT molecular complexity index is 294. The molecule has 0 aromatic carbocycles. The fourth-order valence-corrected chi connectivity index (χ4v) is 2.80. The van der Waals surface area contributed by atoms with Gasteiger partial charge in [-0.05, 0) is 51.4 Å². The minimum atomic E-state index is -0.111. The van der Waals surface area contributed by atoms with Crippen molar-refractivity contribution in [2.45, 2.75) is 72.4 Å². The predicted octanol–water partition coefficient (Wildman–Crippen LogP) is 3.38. The van der Waals surface area contributed by atoms with Crippen LogP contribution in [0, 0.1) is 17.8 Å². The number of nitrogens with one attached hydrogen (secondary N) is 1. The van der Waals surface area contributed by atoms with E-state index in [2.05, 4.69) is 46.9 Å². The van der Waals surface area contributed by atoms with Gasteiger partial charge in [-0.3, -0.25) is 4.79 Å². The first-order valence-electron chi connectivity index (χ1n) is 7.63. The van der Waals surface area contributed by atoms with Crippen LogP contribution in [-0.4, -0.2) is 24.2 Å². The van der Waals surface area contributed by atoms with Crippen LogP contribution in [0.2, 0.25) is 0 Å². The summed E-state index contributed by atoms with van der Waals surface area (Å²) in [5.41, 5.74) is -0.0453. The van der Waals surface area contributed by atoms with Gasteiger partial charge in [0.1, 0.15) is 6.10 Å². The Labute approximate surface area is 118 Å². The lowest BCUT2D eigenvalue weighted by molar-refractivity contribution is -0.155. The molecule has 3 unspecified atom stereocenters. The molecule has 3 heteroatoms. The Morgan fingerprint density at radius 3 is 2.47 bits per heavy atom. The van der Waals surface area contributed by atoms with Gasteiger partial charge in [-0.1, -0.05) is 27.2 Å². The summed E-state index contributed by atoms with van der Waals surface area (Å²) in [6.07, 6.45) is 3.57. The van der Waals surface area contributed by atoms with Crippen molar-refractivity contribution in [2.75, 3.05) is 6.54 Å². The smallest absolute Gasteiger partial charge is 0.320 e. The molecule has 112 valence electrons. The SMILES string of the molecule is CC1CCC(C(C)C)C(OC(=O)CNC(C)(C)C)C1. The fraction of sp³-hybridized carbons (Fsp3) is 0.938. The number of rotatable bonds is 4. The van der Waals surface area contributed by atoms with Crippen LogP contribution < -0.4 is 5.32 Å². The van der Waals surface area contributed by atoms with Crippen molar-refractivity contribution in [1.29, 1.82) is 0 Å². The van der Waals surface area contributed by atoms with E-state index in [1.165, 1.54) is 12.8 Å². The van der Waals surface area contributed by atoms with Gasteiger partial charge in [0.05, 0.1) is 6.54 Å². The molecule has 3 atom stereocenters. The van der Waals surface area contributed by atoms with Crippen molar-refractivity contribution in [3.05, 3.63) is 0 Å². The zero-order valence-electron chi connectivity index (χ0n) is 13.5. The minimum Gasteiger partial charge on any atom is -0.461 e. The second-order valence-corrected chi connectivity index (χ2v) is 7.46. The molecule has 0 aromatic heterocycles. The number of carbonyl (C=O) groups is 1. The average molecular weight is 269 g/mol. The Balaban J connectivity index is 2.49. The summed E-state index contributed by atoms with van der Waals surface area (Å²) in [6.45, 7) is 13.2. The Morgan fingerprint density at radius 2 is 1.95 bits per heavy atom. The highest BCUT2D eigenvalue weighted by Crippen LogP contribution is 2.35. The van der Waals surface area contributed by atoms with Crippen LogP contribution in [0.1, 0.15) is 60.8 Å². The van der Waals surface area contributed by atoms with Crippen molar-refractivity contribution >= 4 is 5.97 Å². The maximum absolute atomic E-state index is 11.9. The molecular weight excluding hydrogens is 238 g/mol. The lowest BCUT2D eigenvalue weighted by Crippen LogP contribution is -2.42. The normalized spacial score (nSPS) is 28.5. The topological polar surface area (TPSA) is 38.3 Å². The number of carbonyl (C=O) groups excluding carboxylic acids is 1. The third-order valence-corrected chi connectivity index (χ3v) is 4.01. The van der Waals surface area contributed by atoms with E-state index >= 15 is 0 Å². The molecule has 1 aliphatic carbocycles. The molecule has 1 fully saturated rings. The van der Waals surface area contributed by atoms with Crippen LogP contribution in [-0.2, 0) is 9.53 Å². The van der Waals surface area contributed by atoms with Crippen LogP contribution in [0.5, 0.6) is 0 Å². The molecule has 0 spiro atoms. The summed E-state index contributed by atoms with van der Waals surface area (Å²) in [4.78, 5) is 11.9. The van der Waals surface area contributed by atoms with Gasteiger partial charge in [0.25, 0.3) is 0 Å². The Hall–Kier alpha value is -0.570. The first kappa shape index (κ1) is 16.5. The number of esters is 1. The van der Waals surface area contributed by atoms with Gasteiger partial charge >= 0.3 is 5.97 Å². The second kappa shape index (κ2) is 6.74. The molecule has 0 amide bonds. The minimum absolute atomic E-state index is 0.0453. The highest BCUT2D eigenvalue weighted by Gasteiger charge is 2.33. The van der Waals surface area contributed by atoms with E-state index in [1.807, 2.05) is 0 Å². The van der Waals surface area contributed by atoms with Gasteiger partial charge < -0.3 is 10.1 Å². The van der Waals surface area contributed by atoms with Gasteiger partial charge in [0, 0.05) is 5.54 Å². The Morgan fingerprint density at radius 1 is 1.32 bits per heavy atom. The van der Waals surface area contributed by atoms with Crippen LogP contribution >= 0.6 is 0 Å². The average Bonchev–Trinajstić information content (AvgIpc) is 2.25. The van der Waals surface area contributed by atoms with Gasteiger partial charge in [-0.2, -0.15) is 0 Å². The first-order valence-corrected chi connectivity index (χ1v) is 7.63. The van der Waals surface area contributed by atoms with Crippen molar-refractivity contribution in [3.63, 3.8) is 0 Å². The third-order valence-electron chi connectivity index (χ3n) is 4.01. The van der Waals surface area contributed by atoms with Crippen molar-refractivity contribution < 1.29 is 9.53 Å². The van der Waals surface area contributed by atoms with Gasteiger partial charge in [0.2, 0.25) is 0 Å². The third kappa shape index (κ3) is 5.94. The lowest BCUT2D eigenvalue weighted by Gasteiger charge is -2.36. The molecule has 0 aliphatic heterocycles. The summed E-state index contributed by atoms with van der Waals surface area (Å²) in [6, 6.07) is 0. The number of ether oxygens (including phenoxy) is 1. The van der Waals surface area contributed by atoms with Crippen LogP contribution in [0.3, 0.4) is 0 Å². The van der Waals surface area contributed by atoms with E-state index < -0.39 is 0 Å². The molecule has 0 saturated heterocycles. The van der Waals surface area contributed by atoms with E-state index in [0.717, 1.165) is 6.42 Å². The molecule has 0 heterocycles. The van der Waals surface area contributed by atoms with E-state index in [-0.39, 0.29) is 17.6 Å². The van der Waals surface area contributed by atoms with Crippen molar-refractivity contribution in [3.8, 4) is 0 Å². The molecule has 1 aliphatic rings. The summed E-state index contributed by atoms with van der Waals surface area (Å²) in [5, 5.41) is 3.19. The van der Waals surface area contributed by atoms with Crippen LogP contribution in [0.25, 0.3) is 0 Å².